The number of nitrogens with one attached hydrogen (secondary N) is 1. The fraction of sp³-hybridized carbons (Fsp3) is 0.909. The number of hydrogen-bond donors (Lipinski definition) is 2. The third kappa shape index (κ3) is 5.14. The first kappa shape index (κ1) is 12.5. The van der Waals surface area contributed by atoms with Gasteiger partial charge in [-0.25, -0.2) is 0 Å². The monoisotopic (exact) mass is 214 g/mol. The molecule has 1 atom stereocenters. The lowest BCUT2D eigenvalue weighted by Crippen LogP contribution is -2.40. The smallest absolute Gasteiger partial charge is 0.236 e. The highest BCUT2D eigenvalue weighted by atomic mass is 16.5. The van der Waals surface area contributed by atoms with E-state index in [9.17, 15) is 4.79 Å². The van der Waals surface area contributed by atoms with Crippen LogP contribution in [0.2, 0.25) is 0 Å². The molecule has 1 aliphatic rings. The van der Waals surface area contributed by atoms with Crippen LogP contribution in [0.5, 0.6) is 0 Å². The summed E-state index contributed by atoms with van der Waals surface area (Å²) in [6.07, 6.45) is 6.63. The second-order valence-electron chi connectivity index (χ2n) is 4.21. The van der Waals surface area contributed by atoms with E-state index in [4.69, 9.17) is 10.5 Å². The molecule has 0 aromatic carbocycles. The summed E-state index contributed by atoms with van der Waals surface area (Å²) in [5.74, 6) is -0.109. The van der Waals surface area contributed by atoms with Crippen molar-refractivity contribution in [2.24, 2.45) is 5.73 Å². The highest BCUT2D eigenvalue weighted by Gasteiger charge is 2.13. The molecule has 0 spiro atoms. The van der Waals surface area contributed by atoms with E-state index < -0.39 is 6.04 Å². The van der Waals surface area contributed by atoms with Crippen molar-refractivity contribution in [3.05, 3.63) is 0 Å². The molecule has 1 unspecified atom stereocenters. The Kier molecular flexibility index (Phi) is 5.65. The van der Waals surface area contributed by atoms with E-state index in [2.05, 4.69) is 5.32 Å². The minimum Gasteiger partial charge on any atom is -0.376 e. The quantitative estimate of drug-likeness (QED) is 0.665. The fourth-order valence-electron chi connectivity index (χ4n) is 1.79. The van der Waals surface area contributed by atoms with Crippen molar-refractivity contribution >= 4 is 5.91 Å². The second-order valence-corrected chi connectivity index (χ2v) is 4.21. The van der Waals surface area contributed by atoms with E-state index in [0.29, 0.717) is 19.3 Å². The number of nitrogens with two attached hydrogens (primary N) is 1. The first-order valence-corrected chi connectivity index (χ1v) is 5.85. The van der Waals surface area contributed by atoms with Crippen LogP contribution < -0.4 is 11.1 Å². The van der Waals surface area contributed by atoms with Gasteiger partial charge in [0.25, 0.3) is 0 Å². The van der Waals surface area contributed by atoms with Gasteiger partial charge in [0.1, 0.15) is 0 Å². The molecule has 1 rings (SSSR count). The van der Waals surface area contributed by atoms with E-state index >= 15 is 0 Å². The summed E-state index contributed by atoms with van der Waals surface area (Å²) in [6.45, 7) is 2.84. The molecule has 1 fully saturated rings. The maximum absolute atomic E-state index is 11.1. The Hall–Kier alpha value is -0.610. The number of carbonyl (C=O) groups is 1. The van der Waals surface area contributed by atoms with Crippen LogP contribution in [0.15, 0.2) is 0 Å². The topological polar surface area (TPSA) is 64.4 Å². The van der Waals surface area contributed by atoms with Crippen LogP contribution in [0.25, 0.3) is 0 Å². The molecule has 0 aliphatic heterocycles. The van der Waals surface area contributed by atoms with Gasteiger partial charge in [0.05, 0.1) is 18.8 Å². The number of ether oxygens (including phenoxy) is 1. The molecule has 0 aromatic rings. The molecule has 1 aliphatic carbocycles. The van der Waals surface area contributed by atoms with Gasteiger partial charge in [-0.15, -0.1) is 0 Å². The lowest BCUT2D eigenvalue weighted by molar-refractivity contribution is -0.122. The Balaban J connectivity index is 1.98. The van der Waals surface area contributed by atoms with Gasteiger partial charge in [-0.3, -0.25) is 4.79 Å². The van der Waals surface area contributed by atoms with Gasteiger partial charge in [0, 0.05) is 6.54 Å². The molecule has 88 valence electrons. The van der Waals surface area contributed by atoms with E-state index in [1.165, 1.54) is 32.1 Å². The lowest BCUT2D eigenvalue weighted by atomic mass is 9.98. The average molecular weight is 214 g/mol. The van der Waals surface area contributed by atoms with Crippen molar-refractivity contribution in [3.63, 3.8) is 0 Å². The molecule has 15 heavy (non-hydrogen) atoms. The van der Waals surface area contributed by atoms with Crippen molar-refractivity contribution in [2.75, 3.05) is 13.2 Å². The van der Waals surface area contributed by atoms with Crippen LogP contribution >= 0.6 is 0 Å². The van der Waals surface area contributed by atoms with Crippen LogP contribution in [-0.4, -0.2) is 31.2 Å². The largest absolute Gasteiger partial charge is 0.376 e. The Morgan fingerprint density at radius 2 is 2.13 bits per heavy atom. The van der Waals surface area contributed by atoms with E-state index in [1.54, 1.807) is 6.92 Å². The maximum Gasteiger partial charge on any atom is 0.236 e. The Labute approximate surface area is 91.5 Å². The standard InChI is InChI=1S/C11H22N2O2/c1-9(12)11(14)13-7-8-15-10-5-3-2-4-6-10/h9-10H,2-8,12H2,1H3,(H,13,14). The number of carbonyl (C=O) groups excluding carboxylic acids is 1. The van der Waals surface area contributed by atoms with Crippen LogP contribution in [0.3, 0.4) is 0 Å². The van der Waals surface area contributed by atoms with Crippen molar-refractivity contribution < 1.29 is 9.53 Å². The van der Waals surface area contributed by atoms with Gasteiger partial charge in [-0.1, -0.05) is 19.3 Å². The molecule has 4 heteroatoms. The van der Waals surface area contributed by atoms with E-state index in [0.717, 1.165) is 0 Å². The molecule has 0 saturated heterocycles. The first-order chi connectivity index (χ1) is 7.20. The summed E-state index contributed by atoms with van der Waals surface area (Å²) in [5.41, 5.74) is 5.41. The molecule has 0 heterocycles. The average Bonchev–Trinajstić information content (AvgIpc) is 2.25. The van der Waals surface area contributed by atoms with Crippen LogP contribution in [0, 0.1) is 0 Å². The molecule has 0 aromatic heterocycles. The van der Waals surface area contributed by atoms with Crippen LogP contribution in [0.4, 0.5) is 0 Å². The highest BCUT2D eigenvalue weighted by Crippen LogP contribution is 2.19. The number of hydrogen-bond acceptors (Lipinski definition) is 3. The summed E-state index contributed by atoms with van der Waals surface area (Å²) in [5, 5.41) is 2.73. The Morgan fingerprint density at radius 3 is 2.73 bits per heavy atom. The summed E-state index contributed by atoms with van der Waals surface area (Å²) in [4.78, 5) is 11.1. The van der Waals surface area contributed by atoms with Gasteiger partial charge in [0.2, 0.25) is 5.91 Å². The third-order valence-electron chi connectivity index (χ3n) is 2.72. The molecular formula is C11H22N2O2. The van der Waals surface area contributed by atoms with Gasteiger partial charge in [-0.05, 0) is 19.8 Å². The van der Waals surface area contributed by atoms with E-state index in [1.807, 2.05) is 0 Å². The summed E-state index contributed by atoms with van der Waals surface area (Å²) >= 11 is 0. The molecule has 0 bridgehead atoms. The summed E-state index contributed by atoms with van der Waals surface area (Å²) in [6, 6.07) is -0.431. The minimum absolute atomic E-state index is 0.109. The van der Waals surface area contributed by atoms with Crippen LogP contribution in [-0.2, 0) is 9.53 Å². The molecule has 3 N–H and O–H groups in total. The SMILES string of the molecule is CC(N)C(=O)NCCOC1CCCCC1. The van der Waals surface area contributed by atoms with Crippen molar-refractivity contribution in [3.8, 4) is 0 Å². The molecule has 1 saturated carbocycles. The number of amides is 1. The zero-order valence-electron chi connectivity index (χ0n) is 9.50. The van der Waals surface area contributed by atoms with Gasteiger partial charge in [0.15, 0.2) is 0 Å². The zero-order chi connectivity index (χ0) is 11.1. The number of rotatable bonds is 5. The molecule has 1 amide bonds. The van der Waals surface area contributed by atoms with Crippen molar-refractivity contribution in [1.82, 2.24) is 5.32 Å². The molecule has 0 radical (unpaired) electrons. The van der Waals surface area contributed by atoms with E-state index in [-0.39, 0.29) is 5.91 Å². The zero-order valence-corrected chi connectivity index (χ0v) is 9.50. The predicted molar refractivity (Wildman–Crippen MR) is 59.5 cm³/mol. The fourth-order valence-corrected chi connectivity index (χ4v) is 1.79. The third-order valence-corrected chi connectivity index (χ3v) is 2.72. The van der Waals surface area contributed by atoms with Gasteiger partial charge >= 0.3 is 0 Å². The molecule has 4 nitrogen and oxygen atoms in total. The second kappa shape index (κ2) is 6.80. The predicted octanol–water partition coefficient (Wildman–Crippen LogP) is 0.799. The lowest BCUT2D eigenvalue weighted by Gasteiger charge is -2.22. The normalized spacial score (nSPS) is 19.9. The van der Waals surface area contributed by atoms with Crippen LogP contribution in [0.1, 0.15) is 39.0 Å². The maximum atomic E-state index is 11.1. The Bertz CT molecular complexity index is 189. The summed E-state index contributed by atoms with van der Waals surface area (Å²) in [7, 11) is 0. The van der Waals surface area contributed by atoms with Crippen molar-refractivity contribution in [2.45, 2.75) is 51.2 Å². The first-order valence-electron chi connectivity index (χ1n) is 5.85. The van der Waals surface area contributed by atoms with Gasteiger partial charge < -0.3 is 15.8 Å². The minimum atomic E-state index is -0.431. The van der Waals surface area contributed by atoms with Gasteiger partial charge in [-0.2, -0.15) is 0 Å². The Morgan fingerprint density at radius 1 is 1.47 bits per heavy atom. The van der Waals surface area contributed by atoms with Crippen molar-refractivity contribution in [1.29, 1.82) is 0 Å². The molecular weight excluding hydrogens is 192 g/mol. The highest BCUT2D eigenvalue weighted by molar-refractivity contribution is 5.80. The summed E-state index contributed by atoms with van der Waals surface area (Å²) < 4.78 is 5.66.